The molecular weight excluding hydrogens is 298 g/mol. The zero-order chi connectivity index (χ0) is 15.0. The van der Waals surface area contributed by atoms with Crippen LogP contribution in [0.2, 0.25) is 0 Å². The van der Waals surface area contributed by atoms with Crippen molar-refractivity contribution in [1.82, 2.24) is 4.72 Å². The fourth-order valence-electron chi connectivity index (χ4n) is 1.64. The van der Waals surface area contributed by atoms with Gasteiger partial charge in [-0.15, -0.1) is 0 Å². The van der Waals surface area contributed by atoms with Crippen LogP contribution in [0.5, 0.6) is 0 Å². The van der Waals surface area contributed by atoms with E-state index >= 15 is 0 Å². The maximum Gasteiger partial charge on any atom is 0.321 e. The van der Waals surface area contributed by atoms with Gasteiger partial charge in [0.15, 0.2) is 0 Å². The Morgan fingerprint density at radius 1 is 1.35 bits per heavy atom. The van der Waals surface area contributed by atoms with E-state index in [9.17, 15) is 13.2 Å². The number of nitrogens with one attached hydrogen (secondary N) is 1. The third-order valence-electron chi connectivity index (χ3n) is 2.73. The van der Waals surface area contributed by atoms with Crippen LogP contribution in [0.4, 0.5) is 0 Å². The second kappa shape index (κ2) is 8.28. The second-order valence-electron chi connectivity index (χ2n) is 4.34. The molecule has 7 heteroatoms. The second-order valence-corrected chi connectivity index (χ2v) is 7.20. The van der Waals surface area contributed by atoms with Crippen LogP contribution in [0.25, 0.3) is 0 Å². The number of hydrogen-bond donors (Lipinski definition) is 2. The number of aryl methyl sites for hydroxylation is 1. The molecule has 0 spiro atoms. The standard InChI is InChI=1S/C13H19NO4S2/c1-19-9-7-12(13(15)16)14-20(17,18)10-8-11-5-3-2-4-6-11/h2-6,12,14H,7-10H2,1H3,(H,15,16)/t12-/m0/s1. The summed E-state index contributed by atoms with van der Waals surface area (Å²) in [4.78, 5) is 11.0. The van der Waals surface area contributed by atoms with Crippen LogP contribution in [0, 0.1) is 0 Å². The predicted molar refractivity (Wildman–Crippen MR) is 81.5 cm³/mol. The fourth-order valence-corrected chi connectivity index (χ4v) is 3.39. The molecule has 0 unspecified atom stereocenters. The van der Waals surface area contributed by atoms with Gasteiger partial charge in [0.1, 0.15) is 6.04 Å². The molecule has 112 valence electrons. The molecule has 0 saturated heterocycles. The van der Waals surface area contributed by atoms with Crippen LogP contribution in [0.1, 0.15) is 12.0 Å². The Kier molecular flexibility index (Phi) is 7.04. The monoisotopic (exact) mass is 317 g/mol. The Hall–Kier alpha value is -1.05. The van der Waals surface area contributed by atoms with Gasteiger partial charge in [0.25, 0.3) is 0 Å². The number of carboxylic acids is 1. The first-order valence-corrected chi connectivity index (χ1v) is 9.25. The van der Waals surface area contributed by atoms with E-state index in [4.69, 9.17) is 5.11 Å². The zero-order valence-electron chi connectivity index (χ0n) is 11.3. The molecule has 2 N–H and O–H groups in total. The third kappa shape index (κ3) is 6.40. The molecule has 0 aromatic heterocycles. The largest absolute Gasteiger partial charge is 0.480 e. The van der Waals surface area contributed by atoms with Crippen molar-refractivity contribution in [1.29, 1.82) is 0 Å². The molecule has 0 fully saturated rings. The van der Waals surface area contributed by atoms with Gasteiger partial charge in [-0.1, -0.05) is 30.3 Å². The molecular formula is C13H19NO4S2. The first kappa shape index (κ1) is 17.0. The summed E-state index contributed by atoms with van der Waals surface area (Å²) in [6, 6.07) is 8.18. The number of carboxylic acid groups (broad SMARTS) is 1. The fraction of sp³-hybridized carbons (Fsp3) is 0.462. The molecule has 1 atom stereocenters. The first-order chi connectivity index (χ1) is 9.44. The van der Waals surface area contributed by atoms with Crippen molar-refractivity contribution in [3.63, 3.8) is 0 Å². The molecule has 0 aliphatic heterocycles. The van der Waals surface area contributed by atoms with Gasteiger partial charge in [0, 0.05) is 0 Å². The highest BCUT2D eigenvalue weighted by Gasteiger charge is 2.23. The summed E-state index contributed by atoms with van der Waals surface area (Å²) < 4.78 is 26.1. The van der Waals surface area contributed by atoms with Crippen LogP contribution < -0.4 is 4.72 Å². The van der Waals surface area contributed by atoms with E-state index in [-0.39, 0.29) is 12.2 Å². The SMILES string of the molecule is CSCC[C@H](NS(=O)(=O)CCc1ccccc1)C(=O)O. The maximum atomic E-state index is 11.9. The first-order valence-electron chi connectivity index (χ1n) is 6.20. The van der Waals surface area contributed by atoms with E-state index in [0.29, 0.717) is 12.2 Å². The average Bonchev–Trinajstić information content (AvgIpc) is 2.42. The van der Waals surface area contributed by atoms with Crippen LogP contribution >= 0.6 is 11.8 Å². The molecule has 1 aromatic rings. The topological polar surface area (TPSA) is 83.5 Å². The highest BCUT2D eigenvalue weighted by Crippen LogP contribution is 2.05. The van der Waals surface area contributed by atoms with Crippen molar-refractivity contribution in [3.8, 4) is 0 Å². The summed E-state index contributed by atoms with van der Waals surface area (Å²) in [5.41, 5.74) is 0.911. The molecule has 0 heterocycles. The van der Waals surface area contributed by atoms with Crippen molar-refractivity contribution < 1.29 is 18.3 Å². The van der Waals surface area contributed by atoms with Crippen molar-refractivity contribution in [3.05, 3.63) is 35.9 Å². The highest BCUT2D eigenvalue weighted by atomic mass is 32.2. The Bertz CT molecular complexity index is 516. The minimum atomic E-state index is -3.59. The van der Waals surface area contributed by atoms with Crippen molar-refractivity contribution in [2.45, 2.75) is 18.9 Å². The van der Waals surface area contributed by atoms with E-state index < -0.39 is 22.0 Å². The molecule has 5 nitrogen and oxygen atoms in total. The number of hydrogen-bond acceptors (Lipinski definition) is 4. The van der Waals surface area contributed by atoms with Crippen molar-refractivity contribution in [2.75, 3.05) is 17.8 Å². The van der Waals surface area contributed by atoms with E-state index in [1.54, 1.807) is 0 Å². The number of benzene rings is 1. The minimum Gasteiger partial charge on any atom is -0.480 e. The third-order valence-corrected chi connectivity index (χ3v) is 4.76. The Balaban J connectivity index is 2.56. The van der Waals surface area contributed by atoms with E-state index in [1.165, 1.54) is 11.8 Å². The molecule has 20 heavy (non-hydrogen) atoms. The zero-order valence-corrected chi connectivity index (χ0v) is 12.9. The number of sulfonamides is 1. The van der Waals surface area contributed by atoms with E-state index in [0.717, 1.165) is 5.56 Å². The lowest BCUT2D eigenvalue weighted by Gasteiger charge is -2.14. The lowest BCUT2D eigenvalue weighted by Crippen LogP contribution is -2.42. The number of carbonyl (C=O) groups is 1. The Labute approximate surface area is 123 Å². The molecule has 0 bridgehead atoms. The summed E-state index contributed by atoms with van der Waals surface area (Å²) in [7, 11) is -3.59. The molecule has 0 radical (unpaired) electrons. The highest BCUT2D eigenvalue weighted by molar-refractivity contribution is 7.98. The predicted octanol–water partition coefficient (Wildman–Crippen LogP) is 1.35. The lowest BCUT2D eigenvalue weighted by atomic mass is 10.2. The summed E-state index contributed by atoms with van der Waals surface area (Å²) in [6.45, 7) is 0. The summed E-state index contributed by atoms with van der Waals surface area (Å²) >= 11 is 1.49. The lowest BCUT2D eigenvalue weighted by molar-refractivity contribution is -0.139. The molecule has 0 aliphatic rings. The van der Waals surface area contributed by atoms with Gasteiger partial charge in [-0.3, -0.25) is 4.79 Å². The minimum absolute atomic E-state index is 0.111. The molecule has 1 aromatic carbocycles. The molecule has 0 aliphatic carbocycles. The van der Waals surface area contributed by atoms with Crippen LogP contribution in [-0.2, 0) is 21.2 Å². The van der Waals surface area contributed by atoms with Gasteiger partial charge in [-0.05, 0) is 30.4 Å². The number of rotatable bonds is 9. The Morgan fingerprint density at radius 3 is 2.55 bits per heavy atom. The average molecular weight is 317 g/mol. The molecule has 0 saturated carbocycles. The van der Waals surface area contributed by atoms with Gasteiger partial charge in [-0.2, -0.15) is 11.8 Å². The van der Waals surface area contributed by atoms with Crippen LogP contribution in [-0.4, -0.2) is 43.3 Å². The van der Waals surface area contributed by atoms with E-state index in [2.05, 4.69) is 4.72 Å². The van der Waals surface area contributed by atoms with Gasteiger partial charge in [0.2, 0.25) is 10.0 Å². The summed E-state index contributed by atoms with van der Waals surface area (Å²) in [5, 5.41) is 9.01. The van der Waals surface area contributed by atoms with Gasteiger partial charge in [-0.25, -0.2) is 13.1 Å². The summed E-state index contributed by atoms with van der Waals surface area (Å²) in [6.07, 6.45) is 2.49. The summed E-state index contributed by atoms with van der Waals surface area (Å²) in [5.74, 6) is -0.652. The van der Waals surface area contributed by atoms with Crippen LogP contribution in [0.15, 0.2) is 30.3 Å². The normalized spacial score (nSPS) is 13.1. The van der Waals surface area contributed by atoms with Gasteiger partial charge >= 0.3 is 5.97 Å². The van der Waals surface area contributed by atoms with Gasteiger partial charge < -0.3 is 5.11 Å². The maximum absolute atomic E-state index is 11.9. The van der Waals surface area contributed by atoms with Crippen LogP contribution in [0.3, 0.4) is 0 Å². The van der Waals surface area contributed by atoms with Crippen molar-refractivity contribution in [2.24, 2.45) is 0 Å². The number of thioether (sulfide) groups is 1. The quantitative estimate of drug-likeness (QED) is 0.718. The Morgan fingerprint density at radius 2 is 2.00 bits per heavy atom. The smallest absolute Gasteiger partial charge is 0.321 e. The van der Waals surface area contributed by atoms with Gasteiger partial charge in [0.05, 0.1) is 5.75 Å². The molecule has 1 rings (SSSR count). The molecule has 0 amide bonds. The van der Waals surface area contributed by atoms with Crippen molar-refractivity contribution >= 4 is 27.8 Å². The van der Waals surface area contributed by atoms with E-state index in [1.807, 2.05) is 36.6 Å². The number of aliphatic carboxylic acids is 1.